The van der Waals surface area contributed by atoms with Crippen LogP contribution in [0.25, 0.3) is 0 Å². The molecule has 0 unspecified atom stereocenters. The van der Waals surface area contributed by atoms with Crippen LogP contribution in [-0.2, 0) is 6.54 Å². The Morgan fingerprint density at radius 2 is 2.50 bits per heavy atom. The first-order chi connectivity index (χ1) is 6.77. The number of carbonyl (C=O) groups excluding carboxylic acids is 1. The van der Waals surface area contributed by atoms with Gasteiger partial charge in [0.2, 0.25) is 0 Å². The van der Waals surface area contributed by atoms with Crippen LogP contribution in [-0.4, -0.2) is 15.3 Å². The molecule has 0 amide bonds. The van der Waals surface area contributed by atoms with Crippen molar-refractivity contribution in [2.45, 2.75) is 13.5 Å². The third-order valence-corrected chi connectivity index (χ3v) is 2.74. The lowest BCUT2D eigenvalue weighted by atomic mass is 10.3. The Bertz CT molecular complexity index is 431. The van der Waals surface area contributed by atoms with Crippen molar-refractivity contribution in [3.05, 3.63) is 40.6 Å². The van der Waals surface area contributed by atoms with Gasteiger partial charge in [-0.2, -0.15) is 0 Å². The molecule has 2 aromatic rings. The van der Waals surface area contributed by atoms with E-state index in [-0.39, 0.29) is 5.78 Å². The number of rotatable bonds is 3. The third-order valence-electron chi connectivity index (χ3n) is 1.98. The zero-order valence-corrected chi connectivity index (χ0v) is 8.62. The van der Waals surface area contributed by atoms with E-state index >= 15 is 0 Å². The van der Waals surface area contributed by atoms with E-state index in [0.717, 1.165) is 10.7 Å². The minimum Gasteiger partial charge on any atom is -0.338 e. The Morgan fingerprint density at radius 1 is 1.64 bits per heavy atom. The smallest absolute Gasteiger partial charge is 0.176 e. The first kappa shape index (κ1) is 9.15. The van der Waals surface area contributed by atoms with Crippen LogP contribution in [0.3, 0.4) is 0 Å². The molecular weight excluding hydrogens is 196 g/mol. The van der Waals surface area contributed by atoms with Crippen LogP contribution < -0.4 is 0 Å². The van der Waals surface area contributed by atoms with Crippen LogP contribution in [0.5, 0.6) is 0 Å². The van der Waals surface area contributed by atoms with Crippen molar-refractivity contribution in [1.29, 1.82) is 0 Å². The number of ketones is 1. The Balaban J connectivity index is 2.25. The van der Waals surface area contributed by atoms with Crippen molar-refractivity contribution >= 4 is 17.1 Å². The lowest BCUT2D eigenvalue weighted by molar-refractivity contribution is 0.100. The molecule has 2 heterocycles. The third kappa shape index (κ3) is 1.75. The van der Waals surface area contributed by atoms with E-state index in [0.29, 0.717) is 6.54 Å². The van der Waals surface area contributed by atoms with Gasteiger partial charge >= 0.3 is 0 Å². The molecule has 4 heteroatoms. The number of aromatic nitrogens is 2. The fourth-order valence-corrected chi connectivity index (χ4v) is 1.96. The molecule has 0 aliphatic carbocycles. The fraction of sp³-hybridized carbons (Fsp3) is 0.200. The molecule has 2 aromatic heterocycles. The van der Waals surface area contributed by atoms with Gasteiger partial charge in [-0.15, -0.1) is 11.3 Å². The highest BCUT2D eigenvalue weighted by molar-refractivity contribution is 7.09. The largest absolute Gasteiger partial charge is 0.338 e. The zero-order valence-electron chi connectivity index (χ0n) is 7.80. The van der Waals surface area contributed by atoms with E-state index in [9.17, 15) is 4.79 Å². The van der Waals surface area contributed by atoms with Gasteiger partial charge in [0.25, 0.3) is 0 Å². The first-order valence-corrected chi connectivity index (χ1v) is 5.20. The van der Waals surface area contributed by atoms with Crippen LogP contribution in [0.4, 0.5) is 0 Å². The maximum absolute atomic E-state index is 11.2. The number of hydrogen-bond acceptors (Lipinski definition) is 3. The predicted molar refractivity (Wildman–Crippen MR) is 55.7 cm³/mol. The van der Waals surface area contributed by atoms with Crippen molar-refractivity contribution in [1.82, 2.24) is 9.55 Å². The average molecular weight is 206 g/mol. The molecule has 3 nitrogen and oxygen atoms in total. The molecule has 0 spiro atoms. The number of hydrogen-bond donors (Lipinski definition) is 0. The SMILES string of the molecule is CC(=O)c1cccn1Cc1nccs1. The summed E-state index contributed by atoms with van der Waals surface area (Å²) in [6, 6.07) is 3.71. The summed E-state index contributed by atoms with van der Waals surface area (Å²) in [5.74, 6) is 0.0894. The van der Waals surface area contributed by atoms with Gasteiger partial charge in [0.15, 0.2) is 5.78 Å². The molecule has 0 radical (unpaired) electrons. The van der Waals surface area contributed by atoms with Crippen LogP contribution in [0, 0.1) is 0 Å². The van der Waals surface area contributed by atoms with E-state index < -0.39 is 0 Å². The highest BCUT2D eigenvalue weighted by Crippen LogP contribution is 2.10. The molecule has 0 aromatic carbocycles. The number of Topliss-reactive ketones (excluding diaryl/α,β-unsaturated/α-hetero) is 1. The van der Waals surface area contributed by atoms with Gasteiger partial charge in [0.1, 0.15) is 5.01 Å². The van der Waals surface area contributed by atoms with Crippen molar-refractivity contribution in [3.63, 3.8) is 0 Å². The van der Waals surface area contributed by atoms with E-state index in [4.69, 9.17) is 0 Å². The van der Waals surface area contributed by atoms with E-state index in [1.54, 1.807) is 24.5 Å². The van der Waals surface area contributed by atoms with Gasteiger partial charge in [0.05, 0.1) is 12.2 Å². The highest BCUT2D eigenvalue weighted by atomic mass is 32.1. The molecule has 0 atom stereocenters. The summed E-state index contributed by atoms with van der Waals surface area (Å²) < 4.78 is 1.92. The average Bonchev–Trinajstić information content (AvgIpc) is 2.75. The van der Waals surface area contributed by atoms with E-state index in [2.05, 4.69) is 4.98 Å². The van der Waals surface area contributed by atoms with Crippen LogP contribution in [0.2, 0.25) is 0 Å². The van der Waals surface area contributed by atoms with Gasteiger partial charge in [-0.1, -0.05) is 0 Å². The van der Waals surface area contributed by atoms with Gasteiger partial charge in [-0.05, 0) is 12.1 Å². The second-order valence-corrected chi connectivity index (χ2v) is 3.98. The zero-order chi connectivity index (χ0) is 9.97. The second kappa shape index (κ2) is 3.75. The summed E-state index contributed by atoms with van der Waals surface area (Å²) in [6.45, 7) is 2.26. The minimum atomic E-state index is 0.0894. The normalized spacial score (nSPS) is 10.4. The predicted octanol–water partition coefficient (Wildman–Crippen LogP) is 2.20. The molecule has 0 N–H and O–H groups in total. The Kier molecular flexibility index (Phi) is 2.45. The lowest BCUT2D eigenvalue weighted by Crippen LogP contribution is -2.06. The highest BCUT2D eigenvalue weighted by Gasteiger charge is 2.06. The summed E-state index contributed by atoms with van der Waals surface area (Å²) in [4.78, 5) is 15.4. The topological polar surface area (TPSA) is 34.9 Å². The molecule has 0 fully saturated rings. The second-order valence-electron chi connectivity index (χ2n) is 3.00. The van der Waals surface area contributed by atoms with Crippen molar-refractivity contribution < 1.29 is 4.79 Å². The summed E-state index contributed by atoms with van der Waals surface area (Å²) in [6.07, 6.45) is 3.68. The maximum Gasteiger partial charge on any atom is 0.176 e. The van der Waals surface area contributed by atoms with Crippen LogP contribution in [0.15, 0.2) is 29.9 Å². The van der Waals surface area contributed by atoms with Crippen molar-refractivity contribution in [2.75, 3.05) is 0 Å². The monoisotopic (exact) mass is 206 g/mol. The first-order valence-electron chi connectivity index (χ1n) is 4.32. The summed E-state index contributed by atoms with van der Waals surface area (Å²) in [5.41, 5.74) is 0.736. The Labute approximate surface area is 86.0 Å². The molecule has 14 heavy (non-hydrogen) atoms. The fourth-order valence-electron chi connectivity index (χ4n) is 1.35. The van der Waals surface area contributed by atoms with Gasteiger partial charge < -0.3 is 4.57 Å². The standard InChI is InChI=1S/C10H10N2OS/c1-8(13)9-3-2-5-12(9)7-10-11-4-6-14-10/h2-6H,7H2,1H3. The van der Waals surface area contributed by atoms with Crippen molar-refractivity contribution in [3.8, 4) is 0 Å². The molecule has 0 bridgehead atoms. The lowest BCUT2D eigenvalue weighted by Gasteiger charge is -2.03. The number of nitrogens with zero attached hydrogens (tertiary/aromatic N) is 2. The summed E-state index contributed by atoms with van der Waals surface area (Å²) >= 11 is 1.60. The van der Waals surface area contributed by atoms with E-state index in [1.807, 2.05) is 28.3 Å². The van der Waals surface area contributed by atoms with Crippen molar-refractivity contribution in [2.24, 2.45) is 0 Å². The molecule has 0 aliphatic heterocycles. The van der Waals surface area contributed by atoms with Gasteiger partial charge in [-0.25, -0.2) is 4.98 Å². The summed E-state index contributed by atoms with van der Waals surface area (Å²) in [7, 11) is 0. The number of thiazole rings is 1. The quantitative estimate of drug-likeness (QED) is 0.721. The molecular formula is C10H10N2OS. The van der Waals surface area contributed by atoms with Crippen LogP contribution in [0.1, 0.15) is 22.4 Å². The minimum absolute atomic E-state index is 0.0894. The number of carbonyl (C=O) groups is 1. The summed E-state index contributed by atoms with van der Waals surface area (Å²) in [5, 5.41) is 2.95. The molecule has 72 valence electrons. The Hall–Kier alpha value is -1.42. The molecule has 0 aliphatic rings. The molecule has 2 rings (SSSR count). The van der Waals surface area contributed by atoms with E-state index in [1.165, 1.54) is 0 Å². The van der Waals surface area contributed by atoms with Gasteiger partial charge in [0, 0.05) is 24.7 Å². The van der Waals surface area contributed by atoms with Gasteiger partial charge in [-0.3, -0.25) is 4.79 Å². The molecule has 0 saturated carbocycles. The Morgan fingerprint density at radius 3 is 3.14 bits per heavy atom. The van der Waals surface area contributed by atoms with Crippen LogP contribution >= 0.6 is 11.3 Å². The maximum atomic E-state index is 11.2. The molecule has 0 saturated heterocycles.